The Balaban J connectivity index is 1.50. The Morgan fingerprint density at radius 2 is 1.92 bits per heavy atom. The fraction of sp³-hybridized carbons (Fsp3) is 0.632. The van der Waals surface area contributed by atoms with Gasteiger partial charge in [0.1, 0.15) is 5.75 Å². The Labute approximate surface area is 163 Å². The quantitative estimate of drug-likeness (QED) is 0.752. The second-order valence-corrected chi connectivity index (χ2v) is 10.7. The zero-order valence-corrected chi connectivity index (χ0v) is 16.8. The molecule has 2 atom stereocenters. The molecule has 3 aliphatic rings. The summed E-state index contributed by atoms with van der Waals surface area (Å²) in [6.45, 7) is 0. The lowest BCUT2D eigenvalue weighted by molar-refractivity contribution is -0.122. The third kappa shape index (κ3) is 3.28. The van der Waals surface area contributed by atoms with Crippen molar-refractivity contribution >= 4 is 46.7 Å². The van der Waals surface area contributed by atoms with Crippen molar-refractivity contribution in [1.29, 1.82) is 0 Å². The second-order valence-electron chi connectivity index (χ2n) is 7.25. The fourth-order valence-electron chi connectivity index (χ4n) is 4.84. The molecule has 1 aromatic rings. The molecule has 1 saturated heterocycles. The molecule has 2 saturated carbocycles. The lowest BCUT2D eigenvalue weighted by Crippen LogP contribution is -2.48. The minimum absolute atomic E-state index is 0.103. The van der Waals surface area contributed by atoms with E-state index in [1.54, 1.807) is 25.3 Å². The largest absolute Gasteiger partial charge is 0.495 e. The summed E-state index contributed by atoms with van der Waals surface area (Å²) in [5.41, 5.74) is 0.676. The van der Waals surface area contributed by atoms with Crippen molar-refractivity contribution < 1.29 is 9.53 Å². The zero-order chi connectivity index (χ0) is 17.4. The molecule has 1 spiro atoms. The van der Waals surface area contributed by atoms with Crippen LogP contribution in [0.5, 0.6) is 5.75 Å². The molecular weight excluding hydrogens is 374 g/mol. The van der Waals surface area contributed by atoms with Gasteiger partial charge in [0.25, 0.3) is 0 Å². The van der Waals surface area contributed by atoms with Crippen molar-refractivity contribution in [1.82, 2.24) is 0 Å². The summed E-state index contributed by atoms with van der Waals surface area (Å²) in [5.74, 6) is 4.78. The van der Waals surface area contributed by atoms with Crippen molar-refractivity contribution in [2.24, 2.45) is 17.8 Å². The topological polar surface area (TPSA) is 38.3 Å². The van der Waals surface area contributed by atoms with E-state index in [2.05, 4.69) is 28.8 Å². The average Bonchev–Trinajstić information content (AvgIpc) is 3.04. The molecule has 1 heterocycles. The summed E-state index contributed by atoms with van der Waals surface area (Å²) in [5, 5.41) is 3.68. The summed E-state index contributed by atoms with van der Waals surface area (Å²) in [4.78, 5) is 13.0. The highest BCUT2D eigenvalue weighted by Crippen LogP contribution is 2.64. The van der Waals surface area contributed by atoms with Crippen molar-refractivity contribution in [3.8, 4) is 5.75 Å². The molecular formula is C19H24ClNO2S2. The molecule has 0 unspecified atom stereocenters. The molecule has 1 aliphatic heterocycles. The van der Waals surface area contributed by atoms with Crippen LogP contribution in [0.4, 0.5) is 5.69 Å². The molecule has 6 heteroatoms. The first kappa shape index (κ1) is 17.9. The maximum atomic E-state index is 13.0. The van der Waals surface area contributed by atoms with E-state index in [1.165, 1.54) is 30.8 Å². The van der Waals surface area contributed by atoms with Crippen LogP contribution in [-0.4, -0.2) is 28.6 Å². The van der Waals surface area contributed by atoms with Gasteiger partial charge in [0, 0.05) is 22.4 Å². The fourth-order valence-corrected chi connectivity index (χ4v) is 8.95. The van der Waals surface area contributed by atoms with Crippen LogP contribution in [0.15, 0.2) is 18.2 Å². The second kappa shape index (κ2) is 7.24. The van der Waals surface area contributed by atoms with Gasteiger partial charge in [-0.15, -0.1) is 23.5 Å². The molecule has 0 aromatic heterocycles. The number of carbonyl (C=O) groups excluding carboxylic acids is 1. The van der Waals surface area contributed by atoms with Crippen LogP contribution in [0.1, 0.15) is 32.1 Å². The summed E-state index contributed by atoms with van der Waals surface area (Å²) in [6, 6.07) is 5.35. The first-order valence-corrected chi connectivity index (χ1v) is 11.4. The summed E-state index contributed by atoms with van der Waals surface area (Å²) >= 11 is 10.4. The van der Waals surface area contributed by atoms with E-state index in [-0.39, 0.29) is 11.8 Å². The number of amides is 1. The molecule has 1 N–H and O–H groups in total. The minimum Gasteiger partial charge on any atom is -0.495 e. The number of hydrogen-bond donors (Lipinski definition) is 1. The molecule has 1 amide bonds. The van der Waals surface area contributed by atoms with Crippen LogP contribution in [0.3, 0.4) is 0 Å². The van der Waals surface area contributed by atoms with E-state index in [1.807, 2.05) is 0 Å². The van der Waals surface area contributed by atoms with Gasteiger partial charge >= 0.3 is 0 Å². The number of thioether (sulfide) groups is 2. The number of ether oxygens (including phenoxy) is 1. The van der Waals surface area contributed by atoms with Crippen LogP contribution >= 0.6 is 35.1 Å². The standard InChI is InChI=1S/C19H24ClNO2S2/c1-23-17-6-5-15(20)11-16(17)21-18(22)12-9-13-3-2-4-14(10-12)19(13)24-7-8-25-19/h5-6,11-14H,2-4,7-10H2,1H3,(H,21,22)/t13-,14-/m1/s1. The van der Waals surface area contributed by atoms with E-state index >= 15 is 0 Å². The molecule has 4 rings (SSSR count). The van der Waals surface area contributed by atoms with Crippen LogP contribution in [0.25, 0.3) is 0 Å². The number of carbonyl (C=O) groups is 1. The Hall–Kier alpha value is -0.520. The molecule has 25 heavy (non-hydrogen) atoms. The Bertz CT molecular complexity index is 647. The highest BCUT2D eigenvalue weighted by atomic mass is 35.5. The van der Waals surface area contributed by atoms with Crippen molar-refractivity contribution in [3.05, 3.63) is 23.2 Å². The van der Waals surface area contributed by atoms with Crippen LogP contribution < -0.4 is 10.1 Å². The van der Waals surface area contributed by atoms with Gasteiger partial charge in [-0.1, -0.05) is 18.0 Å². The van der Waals surface area contributed by atoms with E-state index in [9.17, 15) is 4.79 Å². The molecule has 0 radical (unpaired) electrons. The minimum atomic E-state index is 0.103. The summed E-state index contributed by atoms with van der Waals surface area (Å²) < 4.78 is 5.76. The Morgan fingerprint density at radius 1 is 1.24 bits per heavy atom. The maximum absolute atomic E-state index is 13.0. The van der Waals surface area contributed by atoms with E-state index < -0.39 is 0 Å². The first-order chi connectivity index (χ1) is 12.1. The van der Waals surface area contributed by atoms with E-state index in [0.717, 1.165) is 12.8 Å². The first-order valence-electron chi connectivity index (χ1n) is 9.04. The third-order valence-corrected chi connectivity index (χ3v) is 10.2. The lowest BCUT2D eigenvalue weighted by Gasteiger charge is -2.52. The number of methoxy groups -OCH3 is 1. The maximum Gasteiger partial charge on any atom is 0.227 e. The number of rotatable bonds is 3. The van der Waals surface area contributed by atoms with Gasteiger partial charge in [-0.05, 0) is 55.7 Å². The van der Waals surface area contributed by atoms with Gasteiger partial charge in [0.2, 0.25) is 5.91 Å². The van der Waals surface area contributed by atoms with Gasteiger partial charge in [0.05, 0.1) is 16.9 Å². The highest BCUT2D eigenvalue weighted by molar-refractivity contribution is 8.21. The van der Waals surface area contributed by atoms with Gasteiger partial charge in [0.15, 0.2) is 0 Å². The zero-order valence-electron chi connectivity index (χ0n) is 14.4. The van der Waals surface area contributed by atoms with Crippen molar-refractivity contribution in [2.75, 3.05) is 23.9 Å². The normalized spacial score (nSPS) is 30.2. The number of nitrogens with one attached hydrogen (secondary N) is 1. The van der Waals surface area contributed by atoms with E-state index in [0.29, 0.717) is 32.4 Å². The monoisotopic (exact) mass is 397 g/mol. The molecule has 2 bridgehead atoms. The number of hydrogen-bond acceptors (Lipinski definition) is 4. The number of benzene rings is 1. The van der Waals surface area contributed by atoms with Crippen LogP contribution in [-0.2, 0) is 4.79 Å². The number of halogens is 1. The SMILES string of the molecule is COc1ccc(Cl)cc1NC(=O)C1C[C@H]2CCC[C@H](C1)C21SCCS1. The molecule has 3 fully saturated rings. The number of anilines is 1. The van der Waals surface area contributed by atoms with Gasteiger partial charge in [-0.2, -0.15) is 0 Å². The van der Waals surface area contributed by atoms with E-state index in [4.69, 9.17) is 16.3 Å². The molecule has 136 valence electrons. The van der Waals surface area contributed by atoms with Gasteiger partial charge in [-0.25, -0.2) is 0 Å². The van der Waals surface area contributed by atoms with Gasteiger partial charge < -0.3 is 10.1 Å². The highest BCUT2D eigenvalue weighted by Gasteiger charge is 2.55. The summed E-state index contributed by atoms with van der Waals surface area (Å²) in [6.07, 6.45) is 5.92. The smallest absolute Gasteiger partial charge is 0.227 e. The third-order valence-electron chi connectivity index (χ3n) is 5.91. The molecule has 1 aromatic carbocycles. The Kier molecular flexibility index (Phi) is 5.18. The predicted octanol–water partition coefficient (Wildman–Crippen LogP) is 5.29. The Morgan fingerprint density at radius 3 is 2.56 bits per heavy atom. The van der Waals surface area contributed by atoms with Crippen molar-refractivity contribution in [3.63, 3.8) is 0 Å². The lowest BCUT2D eigenvalue weighted by atomic mass is 9.67. The van der Waals surface area contributed by atoms with Crippen LogP contribution in [0.2, 0.25) is 5.02 Å². The predicted molar refractivity (Wildman–Crippen MR) is 108 cm³/mol. The molecule has 2 aliphatic carbocycles. The molecule has 3 nitrogen and oxygen atoms in total. The van der Waals surface area contributed by atoms with Crippen LogP contribution in [0, 0.1) is 17.8 Å². The van der Waals surface area contributed by atoms with Gasteiger partial charge in [-0.3, -0.25) is 4.79 Å². The van der Waals surface area contributed by atoms with Crippen molar-refractivity contribution in [2.45, 2.75) is 36.2 Å². The summed E-state index contributed by atoms with van der Waals surface area (Å²) in [7, 11) is 1.61. The average molecular weight is 398 g/mol.